The molecular weight excluding hydrogens is 266 g/mol. The van der Waals surface area contributed by atoms with Gasteiger partial charge in [0, 0.05) is 11.8 Å². The molecule has 0 saturated carbocycles. The number of aromatic nitrogens is 1. The lowest BCUT2D eigenvalue weighted by Crippen LogP contribution is -2.20. The van der Waals surface area contributed by atoms with Crippen LogP contribution in [0.3, 0.4) is 0 Å². The molecule has 118 valence electrons. The molecule has 1 nitrogen and oxygen atoms in total. The Morgan fingerprint density at radius 2 is 1.68 bits per heavy atom. The standard InChI is InChI=1S/C21H29N/c1-5-8-11-17-14-15-20(22-16-17)18-12-9-10-13-19(18)21(4,6-2)7-3/h9-10,12-16H,5-8,11H2,1-4H3. The summed E-state index contributed by atoms with van der Waals surface area (Å²) in [6.07, 6.45) is 7.95. The van der Waals surface area contributed by atoms with Crippen molar-refractivity contribution < 1.29 is 0 Å². The van der Waals surface area contributed by atoms with E-state index in [2.05, 4.69) is 70.3 Å². The minimum absolute atomic E-state index is 0.221. The van der Waals surface area contributed by atoms with Crippen LogP contribution in [0.15, 0.2) is 42.6 Å². The summed E-state index contributed by atoms with van der Waals surface area (Å²) >= 11 is 0. The normalized spacial score (nSPS) is 11.6. The zero-order valence-corrected chi connectivity index (χ0v) is 14.5. The lowest BCUT2D eigenvalue weighted by atomic mass is 9.75. The summed E-state index contributed by atoms with van der Waals surface area (Å²) in [6, 6.07) is 13.2. The first-order valence-corrected chi connectivity index (χ1v) is 8.69. The van der Waals surface area contributed by atoms with Gasteiger partial charge in [-0.3, -0.25) is 4.98 Å². The van der Waals surface area contributed by atoms with Crippen molar-refractivity contribution in [2.75, 3.05) is 0 Å². The molecule has 0 radical (unpaired) electrons. The van der Waals surface area contributed by atoms with Crippen LogP contribution in [0.5, 0.6) is 0 Å². The van der Waals surface area contributed by atoms with E-state index in [1.165, 1.54) is 29.5 Å². The Hall–Kier alpha value is -1.63. The summed E-state index contributed by atoms with van der Waals surface area (Å²) in [5, 5.41) is 0. The maximum atomic E-state index is 4.74. The van der Waals surface area contributed by atoms with Gasteiger partial charge in [0.2, 0.25) is 0 Å². The summed E-state index contributed by atoms with van der Waals surface area (Å²) in [6.45, 7) is 9.15. The Balaban J connectivity index is 2.37. The molecule has 0 saturated heterocycles. The number of hydrogen-bond acceptors (Lipinski definition) is 1. The molecule has 0 bridgehead atoms. The van der Waals surface area contributed by atoms with Crippen LogP contribution in [-0.2, 0) is 11.8 Å². The quantitative estimate of drug-likeness (QED) is 0.595. The second-order valence-electron chi connectivity index (χ2n) is 6.47. The van der Waals surface area contributed by atoms with Crippen LogP contribution in [0.4, 0.5) is 0 Å². The van der Waals surface area contributed by atoms with Crippen molar-refractivity contribution in [1.82, 2.24) is 4.98 Å². The minimum atomic E-state index is 0.221. The van der Waals surface area contributed by atoms with Crippen molar-refractivity contribution in [2.24, 2.45) is 0 Å². The van der Waals surface area contributed by atoms with E-state index < -0.39 is 0 Å². The monoisotopic (exact) mass is 295 g/mol. The third kappa shape index (κ3) is 3.58. The van der Waals surface area contributed by atoms with E-state index in [4.69, 9.17) is 4.98 Å². The second-order valence-corrected chi connectivity index (χ2v) is 6.47. The Morgan fingerprint density at radius 1 is 0.955 bits per heavy atom. The highest BCUT2D eigenvalue weighted by Gasteiger charge is 2.25. The molecule has 0 atom stereocenters. The zero-order chi connectivity index (χ0) is 16.0. The van der Waals surface area contributed by atoms with E-state index in [0.717, 1.165) is 25.0 Å². The minimum Gasteiger partial charge on any atom is -0.256 e. The molecule has 1 aromatic carbocycles. The summed E-state index contributed by atoms with van der Waals surface area (Å²) in [5.41, 5.74) is 5.38. The summed E-state index contributed by atoms with van der Waals surface area (Å²) in [7, 11) is 0. The predicted molar refractivity (Wildman–Crippen MR) is 96.2 cm³/mol. The highest BCUT2D eigenvalue weighted by atomic mass is 14.7. The molecule has 0 aliphatic carbocycles. The van der Waals surface area contributed by atoms with Crippen molar-refractivity contribution >= 4 is 0 Å². The average Bonchev–Trinajstić information content (AvgIpc) is 2.59. The van der Waals surface area contributed by atoms with Crippen LogP contribution < -0.4 is 0 Å². The third-order valence-electron chi connectivity index (χ3n) is 5.06. The number of hydrogen-bond donors (Lipinski definition) is 0. The van der Waals surface area contributed by atoms with Gasteiger partial charge in [-0.15, -0.1) is 0 Å². The van der Waals surface area contributed by atoms with E-state index in [1.54, 1.807) is 0 Å². The third-order valence-corrected chi connectivity index (χ3v) is 5.06. The molecule has 0 amide bonds. The van der Waals surface area contributed by atoms with Crippen LogP contribution in [0.1, 0.15) is 64.5 Å². The SMILES string of the molecule is CCCCc1ccc(-c2ccccc2C(C)(CC)CC)nc1. The van der Waals surface area contributed by atoms with Gasteiger partial charge in [-0.2, -0.15) is 0 Å². The Bertz CT molecular complexity index is 579. The van der Waals surface area contributed by atoms with E-state index in [-0.39, 0.29) is 5.41 Å². The Morgan fingerprint density at radius 3 is 2.27 bits per heavy atom. The van der Waals surface area contributed by atoms with Gasteiger partial charge < -0.3 is 0 Å². The van der Waals surface area contributed by atoms with Crippen LogP contribution in [0.2, 0.25) is 0 Å². The lowest BCUT2D eigenvalue weighted by molar-refractivity contribution is 0.440. The van der Waals surface area contributed by atoms with E-state index in [0.29, 0.717) is 0 Å². The van der Waals surface area contributed by atoms with E-state index in [9.17, 15) is 0 Å². The van der Waals surface area contributed by atoms with Crippen LogP contribution in [-0.4, -0.2) is 4.98 Å². The molecule has 0 spiro atoms. The van der Waals surface area contributed by atoms with E-state index >= 15 is 0 Å². The van der Waals surface area contributed by atoms with Crippen LogP contribution in [0, 0.1) is 0 Å². The zero-order valence-electron chi connectivity index (χ0n) is 14.5. The lowest BCUT2D eigenvalue weighted by Gasteiger charge is -2.29. The second kappa shape index (κ2) is 7.58. The number of aryl methyl sites for hydroxylation is 1. The molecule has 0 aliphatic rings. The fraction of sp³-hybridized carbons (Fsp3) is 0.476. The van der Waals surface area contributed by atoms with E-state index in [1.807, 2.05) is 0 Å². The number of unbranched alkanes of at least 4 members (excludes halogenated alkanes) is 1. The fourth-order valence-electron chi connectivity index (χ4n) is 2.98. The molecule has 0 fully saturated rings. The number of pyridine rings is 1. The average molecular weight is 295 g/mol. The van der Waals surface area contributed by atoms with Crippen molar-refractivity contribution in [3.63, 3.8) is 0 Å². The first-order valence-electron chi connectivity index (χ1n) is 8.69. The predicted octanol–water partition coefficient (Wildman–Crippen LogP) is 6.17. The number of nitrogens with zero attached hydrogens (tertiary/aromatic N) is 1. The summed E-state index contributed by atoms with van der Waals surface area (Å²) in [5.74, 6) is 0. The van der Waals surface area contributed by atoms with Crippen LogP contribution >= 0.6 is 0 Å². The molecule has 1 aromatic heterocycles. The van der Waals surface area contributed by atoms with Crippen molar-refractivity contribution in [2.45, 2.75) is 65.2 Å². The highest BCUT2D eigenvalue weighted by molar-refractivity contribution is 5.65. The molecule has 0 unspecified atom stereocenters. The molecule has 1 heterocycles. The number of benzene rings is 1. The van der Waals surface area contributed by atoms with Gasteiger partial charge >= 0.3 is 0 Å². The van der Waals surface area contributed by atoms with Crippen molar-refractivity contribution in [1.29, 1.82) is 0 Å². The largest absolute Gasteiger partial charge is 0.256 e. The van der Waals surface area contributed by atoms with Gasteiger partial charge in [-0.1, -0.05) is 64.4 Å². The van der Waals surface area contributed by atoms with Gasteiger partial charge in [-0.05, 0) is 48.3 Å². The fourth-order valence-corrected chi connectivity index (χ4v) is 2.98. The van der Waals surface area contributed by atoms with Gasteiger partial charge in [0.1, 0.15) is 0 Å². The summed E-state index contributed by atoms with van der Waals surface area (Å²) in [4.78, 5) is 4.74. The molecule has 0 aliphatic heterocycles. The Labute approximate surface area is 135 Å². The Kier molecular flexibility index (Phi) is 5.76. The summed E-state index contributed by atoms with van der Waals surface area (Å²) < 4.78 is 0. The maximum absolute atomic E-state index is 4.74. The molecule has 1 heteroatoms. The first kappa shape index (κ1) is 16.7. The molecule has 2 aromatic rings. The first-order chi connectivity index (χ1) is 10.6. The van der Waals surface area contributed by atoms with Crippen LogP contribution in [0.25, 0.3) is 11.3 Å². The highest BCUT2D eigenvalue weighted by Crippen LogP contribution is 2.37. The molecule has 0 N–H and O–H groups in total. The van der Waals surface area contributed by atoms with Gasteiger partial charge in [0.15, 0.2) is 0 Å². The van der Waals surface area contributed by atoms with Gasteiger partial charge in [-0.25, -0.2) is 0 Å². The smallest absolute Gasteiger partial charge is 0.0705 e. The van der Waals surface area contributed by atoms with Crippen molar-refractivity contribution in [3.05, 3.63) is 53.7 Å². The molecular formula is C21H29N. The molecule has 2 rings (SSSR count). The maximum Gasteiger partial charge on any atom is 0.0705 e. The number of rotatable bonds is 7. The topological polar surface area (TPSA) is 12.9 Å². The van der Waals surface area contributed by atoms with Crippen molar-refractivity contribution in [3.8, 4) is 11.3 Å². The van der Waals surface area contributed by atoms with Gasteiger partial charge in [0.25, 0.3) is 0 Å². The van der Waals surface area contributed by atoms with Gasteiger partial charge in [0.05, 0.1) is 5.69 Å². The molecule has 22 heavy (non-hydrogen) atoms.